The molecule has 0 spiro atoms. The molecule has 0 aliphatic carbocycles. The van der Waals surface area contributed by atoms with Crippen molar-refractivity contribution in [3.63, 3.8) is 0 Å². The van der Waals surface area contributed by atoms with Crippen LogP contribution in [0.5, 0.6) is 0 Å². The maximum atomic E-state index is 11.9. The monoisotopic (exact) mass is 280 g/mol. The second-order valence-electron chi connectivity index (χ2n) is 4.53. The fraction of sp³-hybridized carbons (Fsp3) is 0.429. The minimum absolute atomic E-state index is 0.185. The number of benzene rings is 1. The lowest BCUT2D eigenvalue weighted by molar-refractivity contribution is 0.0696. The van der Waals surface area contributed by atoms with Gasteiger partial charge in [-0.05, 0) is 31.0 Å². The summed E-state index contributed by atoms with van der Waals surface area (Å²) in [7, 11) is 3.29. The maximum Gasteiger partial charge on any atom is 0.336 e. The third kappa shape index (κ3) is 4.55. The number of amides is 2. The van der Waals surface area contributed by atoms with Gasteiger partial charge in [-0.3, -0.25) is 0 Å². The van der Waals surface area contributed by atoms with Gasteiger partial charge in [-0.15, -0.1) is 0 Å². The van der Waals surface area contributed by atoms with Crippen LogP contribution in [0, 0.1) is 6.92 Å². The Kier molecular flexibility index (Phi) is 5.99. The van der Waals surface area contributed by atoms with Gasteiger partial charge in [0.15, 0.2) is 0 Å². The summed E-state index contributed by atoms with van der Waals surface area (Å²) in [5, 5.41) is 11.7. The number of carboxylic acid groups (broad SMARTS) is 1. The number of methoxy groups -OCH3 is 1. The number of hydrogen-bond donors (Lipinski definition) is 2. The summed E-state index contributed by atoms with van der Waals surface area (Å²) < 4.78 is 4.92. The van der Waals surface area contributed by atoms with Crippen LogP contribution in [0.3, 0.4) is 0 Å². The molecule has 0 saturated carbocycles. The second-order valence-corrected chi connectivity index (χ2v) is 4.53. The van der Waals surface area contributed by atoms with E-state index in [0.29, 0.717) is 24.4 Å². The fourth-order valence-corrected chi connectivity index (χ4v) is 1.70. The zero-order chi connectivity index (χ0) is 15.1. The van der Waals surface area contributed by atoms with E-state index < -0.39 is 5.97 Å². The van der Waals surface area contributed by atoms with Gasteiger partial charge < -0.3 is 20.1 Å². The van der Waals surface area contributed by atoms with Crippen molar-refractivity contribution in [2.45, 2.75) is 13.3 Å². The lowest BCUT2D eigenvalue weighted by atomic mass is 10.1. The molecule has 0 atom stereocenters. The zero-order valence-corrected chi connectivity index (χ0v) is 12.0. The van der Waals surface area contributed by atoms with Crippen molar-refractivity contribution in [1.82, 2.24) is 4.90 Å². The predicted molar refractivity (Wildman–Crippen MR) is 76.3 cm³/mol. The summed E-state index contributed by atoms with van der Waals surface area (Å²) in [6.07, 6.45) is 0.745. The number of aryl methyl sites for hydroxylation is 1. The Bertz CT molecular complexity index is 488. The number of urea groups is 1. The first-order valence-electron chi connectivity index (χ1n) is 6.30. The Labute approximate surface area is 118 Å². The number of aromatic carboxylic acids is 1. The first-order valence-corrected chi connectivity index (χ1v) is 6.30. The largest absolute Gasteiger partial charge is 0.478 e. The first kappa shape index (κ1) is 16.0. The number of carbonyl (C=O) groups is 2. The summed E-state index contributed by atoms with van der Waals surface area (Å²) in [6, 6.07) is 4.53. The standard InChI is InChI=1S/C14H20N2O4/c1-10-5-6-11(9-12(10)13(17)18)15-14(19)16(2)7-4-8-20-3/h5-6,9H,4,7-8H2,1-3H3,(H,15,19)(H,17,18). The van der Waals surface area contributed by atoms with Crippen molar-refractivity contribution >= 4 is 17.7 Å². The molecule has 0 heterocycles. The van der Waals surface area contributed by atoms with Crippen molar-refractivity contribution in [1.29, 1.82) is 0 Å². The highest BCUT2D eigenvalue weighted by molar-refractivity contribution is 5.94. The van der Waals surface area contributed by atoms with E-state index in [-0.39, 0.29) is 11.6 Å². The Morgan fingerprint density at radius 3 is 2.70 bits per heavy atom. The number of carboxylic acids is 1. The second kappa shape index (κ2) is 7.49. The van der Waals surface area contributed by atoms with E-state index in [9.17, 15) is 9.59 Å². The van der Waals surface area contributed by atoms with Crippen LogP contribution in [0.15, 0.2) is 18.2 Å². The van der Waals surface area contributed by atoms with Crippen LogP contribution in [0.4, 0.5) is 10.5 Å². The highest BCUT2D eigenvalue weighted by atomic mass is 16.5. The Morgan fingerprint density at radius 1 is 1.40 bits per heavy atom. The van der Waals surface area contributed by atoms with Crippen LogP contribution < -0.4 is 5.32 Å². The molecule has 0 aromatic heterocycles. The van der Waals surface area contributed by atoms with E-state index in [0.717, 1.165) is 6.42 Å². The maximum absolute atomic E-state index is 11.9. The number of anilines is 1. The van der Waals surface area contributed by atoms with Crippen molar-refractivity contribution in [2.24, 2.45) is 0 Å². The molecule has 0 aliphatic rings. The van der Waals surface area contributed by atoms with Gasteiger partial charge in [0.05, 0.1) is 5.56 Å². The molecule has 110 valence electrons. The fourth-order valence-electron chi connectivity index (χ4n) is 1.70. The molecule has 20 heavy (non-hydrogen) atoms. The average molecular weight is 280 g/mol. The van der Waals surface area contributed by atoms with Gasteiger partial charge >= 0.3 is 12.0 Å². The summed E-state index contributed by atoms with van der Waals surface area (Å²) in [6.45, 7) is 2.87. The van der Waals surface area contributed by atoms with Gasteiger partial charge in [-0.2, -0.15) is 0 Å². The van der Waals surface area contributed by atoms with E-state index in [1.165, 1.54) is 11.0 Å². The third-order valence-electron chi connectivity index (χ3n) is 2.91. The molecular weight excluding hydrogens is 260 g/mol. The Balaban J connectivity index is 2.66. The van der Waals surface area contributed by atoms with Gasteiger partial charge in [0.25, 0.3) is 0 Å². The highest BCUT2D eigenvalue weighted by Gasteiger charge is 2.11. The number of ether oxygens (including phenoxy) is 1. The van der Waals surface area contributed by atoms with Crippen molar-refractivity contribution < 1.29 is 19.4 Å². The Morgan fingerprint density at radius 2 is 2.10 bits per heavy atom. The minimum atomic E-state index is -1.01. The minimum Gasteiger partial charge on any atom is -0.478 e. The molecule has 0 unspecified atom stereocenters. The van der Waals surface area contributed by atoms with Gasteiger partial charge in [0.2, 0.25) is 0 Å². The Hall–Kier alpha value is -2.08. The molecule has 6 heteroatoms. The van der Waals surface area contributed by atoms with Crippen molar-refractivity contribution in [3.8, 4) is 0 Å². The number of rotatable bonds is 6. The SMILES string of the molecule is COCCCN(C)C(=O)Nc1ccc(C)c(C(=O)O)c1. The lowest BCUT2D eigenvalue weighted by Gasteiger charge is -2.18. The molecule has 6 nitrogen and oxygen atoms in total. The molecule has 0 saturated heterocycles. The predicted octanol–water partition coefficient (Wildman–Crippen LogP) is 2.19. The van der Waals surface area contributed by atoms with Crippen LogP contribution in [0.1, 0.15) is 22.3 Å². The van der Waals surface area contributed by atoms with Gasteiger partial charge in [-0.1, -0.05) is 6.07 Å². The number of nitrogens with one attached hydrogen (secondary N) is 1. The average Bonchev–Trinajstić information content (AvgIpc) is 2.40. The molecule has 2 amide bonds. The third-order valence-corrected chi connectivity index (χ3v) is 2.91. The number of nitrogens with zero attached hydrogens (tertiary/aromatic N) is 1. The van der Waals surface area contributed by atoms with Gasteiger partial charge in [0, 0.05) is 33.0 Å². The summed E-state index contributed by atoms with van der Waals surface area (Å²) >= 11 is 0. The van der Waals surface area contributed by atoms with E-state index >= 15 is 0 Å². The van der Waals surface area contributed by atoms with E-state index in [1.807, 2.05) is 0 Å². The molecule has 0 aliphatic heterocycles. The van der Waals surface area contributed by atoms with E-state index in [1.54, 1.807) is 33.2 Å². The lowest BCUT2D eigenvalue weighted by Crippen LogP contribution is -2.32. The number of hydrogen-bond acceptors (Lipinski definition) is 3. The molecule has 0 radical (unpaired) electrons. The molecule has 0 fully saturated rings. The smallest absolute Gasteiger partial charge is 0.336 e. The summed E-state index contributed by atoms with van der Waals surface area (Å²) in [5.41, 5.74) is 1.31. The summed E-state index contributed by atoms with van der Waals surface area (Å²) in [4.78, 5) is 24.5. The van der Waals surface area contributed by atoms with E-state index in [4.69, 9.17) is 9.84 Å². The summed E-state index contributed by atoms with van der Waals surface area (Å²) in [5.74, 6) is -1.01. The van der Waals surface area contributed by atoms with Crippen molar-refractivity contribution in [2.75, 3.05) is 32.6 Å². The quantitative estimate of drug-likeness (QED) is 0.783. The van der Waals surface area contributed by atoms with Crippen LogP contribution in [-0.4, -0.2) is 49.3 Å². The molecule has 0 bridgehead atoms. The van der Waals surface area contributed by atoms with Crippen LogP contribution >= 0.6 is 0 Å². The molecule has 1 aromatic carbocycles. The molecule has 1 rings (SSSR count). The van der Waals surface area contributed by atoms with Crippen LogP contribution in [0.25, 0.3) is 0 Å². The molecule has 2 N–H and O–H groups in total. The van der Waals surface area contributed by atoms with E-state index in [2.05, 4.69) is 5.32 Å². The molecular formula is C14H20N2O4. The molecule has 1 aromatic rings. The highest BCUT2D eigenvalue weighted by Crippen LogP contribution is 2.15. The van der Waals surface area contributed by atoms with Gasteiger partial charge in [0.1, 0.15) is 0 Å². The normalized spacial score (nSPS) is 10.2. The first-order chi connectivity index (χ1) is 9.45. The zero-order valence-electron chi connectivity index (χ0n) is 12.0. The number of carbonyl (C=O) groups excluding carboxylic acids is 1. The van der Waals surface area contributed by atoms with Crippen LogP contribution in [-0.2, 0) is 4.74 Å². The van der Waals surface area contributed by atoms with Crippen LogP contribution in [0.2, 0.25) is 0 Å². The topological polar surface area (TPSA) is 78.9 Å². The van der Waals surface area contributed by atoms with Gasteiger partial charge in [-0.25, -0.2) is 9.59 Å². The van der Waals surface area contributed by atoms with Crippen molar-refractivity contribution in [3.05, 3.63) is 29.3 Å².